The molecule has 0 fully saturated rings. The standard InChI is InChI=1S/C18H18N2O3S2/c1-22-13-6-8-14(9-7-13)23-10-2-5-17(21)20-18-19-15(12-25-18)16-4-3-11-24-16/h3-4,6-9,11-12H,2,5,10H2,1H3,(H,19,20,21). The summed E-state index contributed by atoms with van der Waals surface area (Å²) in [7, 11) is 1.63. The number of nitrogens with one attached hydrogen (secondary N) is 1. The Balaban J connectivity index is 1.39. The van der Waals surface area contributed by atoms with E-state index < -0.39 is 0 Å². The average Bonchev–Trinajstić information content (AvgIpc) is 3.31. The Hall–Kier alpha value is -2.38. The summed E-state index contributed by atoms with van der Waals surface area (Å²) in [5.41, 5.74) is 0.901. The van der Waals surface area contributed by atoms with Gasteiger partial charge in [0, 0.05) is 11.8 Å². The van der Waals surface area contributed by atoms with Crippen molar-refractivity contribution in [3.05, 3.63) is 47.2 Å². The van der Waals surface area contributed by atoms with Crippen molar-refractivity contribution < 1.29 is 14.3 Å². The van der Waals surface area contributed by atoms with Crippen LogP contribution < -0.4 is 14.8 Å². The van der Waals surface area contributed by atoms with Gasteiger partial charge in [0.2, 0.25) is 5.91 Å². The SMILES string of the molecule is COc1ccc(OCCCC(=O)Nc2nc(-c3cccs3)cs2)cc1. The van der Waals surface area contributed by atoms with Crippen LogP contribution in [0.1, 0.15) is 12.8 Å². The Labute approximate surface area is 154 Å². The molecule has 0 radical (unpaired) electrons. The van der Waals surface area contributed by atoms with Crippen LogP contribution >= 0.6 is 22.7 Å². The van der Waals surface area contributed by atoms with E-state index in [2.05, 4.69) is 10.3 Å². The van der Waals surface area contributed by atoms with Crippen molar-refractivity contribution in [1.82, 2.24) is 4.98 Å². The average molecular weight is 374 g/mol. The lowest BCUT2D eigenvalue weighted by molar-refractivity contribution is -0.116. The lowest BCUT2D eigenvalue weighted by Crippen LogP contribution is -2.12. The third kappa shape index (κ3) is 5.04. The first-order valence-electron chi connectivity index (χ1n) is 7.81. The number of thiophene rings is 1. The molecule has 0 saturated carbocycles. The highest BCUT2D eigenvalue weighted by atomic mass is 32.1. The number of amides is 1. The zero-order chi connectivity index (χ0) is 17.5. The molecule has 1 N–H and O–H groups in total. The molecular formula is C18H18N2O3S2. The van der Waals surface area contributed by atoms with Crippen molar-refractivity contribution in [2.24, 2.45) is 0 Å². The van der Waals surface area contributed by atoms with Crippen LogP contribution in [0.5, 0.6) is 11.5 Å². The summed E-state index contributed by atoms with van der Waals surface area (Å²) >= 11 is 3.07. The predicted molar refractivity (Wildman–Crippen MR) is 102 cm³/mol. The number of methoxy groups -OCH3 is 1. The second-order valence-electron chi connectivity index (χ2n) is 5.19. The maximum absolute atomic E-state index is 12.0. The lowest BCUT2D eigenvalue weighted by atomic mass is 10.3. The molecule has 0 saturated heterocycles. The van der Waals surface area contributed by atoms with Gasteiger partial charge in [-0.1, -0.05) is 6.07 Å². The van der Waals surface area contributed by atoms with E-state index in [0.29, 0.717) is 24.6 Å². The van der Waals surface area contributed by atoms with Crippen LogP contribution in [-0.4, -0.2) is 24.6 Å². The van der Waals surface area contributed by atoms with Crippen LogP contribution in [0.25, 0.3) is 10.6 Å². The van der Waals surface area contributed by atoms with Crippen LogP contribution in [-0.2, 0) is 4.79 Å². The summed E-state index contributed by atoms with van der Waals surface area (Å²) in [6.07, 6.45) is 1.03. The van der Waals surface area contributed by atoms with E-state index in [-0.39, 0.29) is 5.91 Å². The Morgan fingerprint density at radius 2 is 1.96 bits per heavy atom. The van der Waals surface area contributed by atoms with Crippen LogP contribution in [0.4, 0.5) is 5.13 Å². The molecule has 7 heteroatoms. The molecule has 3 rings (SSSR count). The Bertz CT molecular complexity index is 798. The maximum atomic E-state index is 12.0. The van der Waals surface area contributed by atoms with Crippen LogP contribution in [0, 0.1) is 0 Å². The number of hydrogen-bond donors (Lipinski definition) is 1. The number of carbonyl (C=O) groups is 1. The monoisotopic (exact) mass is 374 g/mol. The van der Waals surface area contributed by atoms with Gasteiger partial charge in [-0.2, -0.15) is 0 Å². The van der Waals surface area contributed by atoms with E-state index in [4.69, 9.17) is 9.47 Å². The van der Waals surface area contributed by atoms with Gasteiger partial charge >= 0.3 is 0 Å². The van der Waals surface area contributed by atoms with Gasteiger partial charge in [-0.25, -0.2) is 4.98 Å². The minimum Gasteiger partial charge on any atom is -0.497 e. The first-order valence-corrected chi connectivity index (χ1v) is 9.56. The molecule has 0 aliphatic heterocycles. The Morgan fingerprint density at radius 3 is 2.68 bits per heavy atom. The maximum Gasteiger partial charge on any atom is 0.226 e. The molecular weight excluding hydrogens is 356 g/mol. The van der Waals surface area contributed by atoms with Crippen LogP contribution in [0.2, 0.25) is 0 Å². The zero-order valence-corrected chi connectivity index (χ0v) is 15.4. The molecule has 25 heavy (non-hydrogen) atoms. The number of nitrogens with zero attached hydrogens (tertiary/aromatic N) is 1. The summed E-state index contributed by atoms with van der Waals surface area (Å²) in [5.74, 6) is 1.50. The second kappa shape index (κ2) is 8.64. The zero-order valence-electron chi connectivity index (χ0n) is 13.7. The Kier molecular flexibility index (Phi) is 6.03. The molecule has 0 bridgehead atoms. The molecule has 0 spiro atoms. The van der Waals surface area contributed by atoms with Gasteiger partial charge in [-0.3, -0.25) is 4.79 Å². The summed E-state index contributed by atoms with van der Waals surface area (Å²) < 4.78 is 10.7. The van der Waals surface area contributed by atoms with Crippen molar-refractivity contribution >= 4 is 33.7 Å². The number of benzene rings is 1. The van der Waals surface area contributed by atoms with Gasteiger partial charge in [0.15, 0.2) is 5.13 Å². The number of carbonyl (C=O) groups excluding carboxylic acids is 1. The fourth-order valence-electron chi connectivity index (χ4n) is 2.15. The molecule has 130 valence electrons. The van der Waals surface area contributed by atoms with Crippen LogP contribution in [0.3, 0.4) is 0 Å². The smallest absolute Gasteiger partial charge is 0.226 e. The highest BCUT2D eigenvalue weighted by Gasteiger charge is 2.08. The molecule has 3 aromatic rings. The van der Waals surface area contributed by atoms with Crippen molar-refractivity contribution in [3.8, 4) is 22.1 Å². The first-order chi connectivity index (χ1) is 12.2. The van der Waals surface area contributed by atoms with E-state index >= 15 is 0 Å². The van der Waals surface area contributed by atoms with Crippen molar-refractivity contribution in [2.45, 2.75) is 12.8 Å². The van der Waals surface area contributed by atoms with E-state index in [1.807, 2.05) is 47.2 Å². The first kappa shape index (κ1) is 17.4. The lowest BCUT2D eigenvalue weighted by Gasteiger charge is -2.07. The van der Waals surface area contributed by atoms with Gasteiger partial charge in [0.25, 0.3) is 0 Å². The van der Waals surface area contributed by atoms with E-state index in [0.717, 1.165) is 22.1 Å². The van der Waals surface area contributed by atoms with Crippen molar-refractivity contribution in [1.29, 1.82) is 0 Å². The minimum absolute atomic E-state index is 0.0505. The molecule has 2 aromatic heterocycles. The largest absolute Gasteiger partial charge is 0.497 e. The normalized spacial score (nSPS) is 10.4. The van der Waals surface area contributed by atoms with Gasteiger partial charge in [0.1, 0.15) is 11.5 Å². The summed E-state index contributed by atoms with van der Waals surface area (Å²) in [5, 5.41) is 7.43. The van der Waals surface area contributed by atoms with Gasteiger partial charge < -0.3 is 14.8 Å². The quantitative estimate of drug-likeness (QED) is 0.582. The van der Waals surface area contributed by atoms with Gasteiger partial charge in [-0.05, 0) is 42.1 Å². The predicted octanol–water partition coefficient (Wildman–Crippen LogP) is 4.68. The number of rotatable bonds is 8. The molecule has 0 aliphatic carbocycles. The number of thiazole rings is 1. The van der Waals surface area contributed by atoms with Crippen molar-refractivity contribution in [3.63, 3.8) is 0 Å². The van der Waals surface area contributed by atoms with E-state index in [1.54, 1.807) is 18.4 Å². The number of hydrogen-bond acceptors (Lipinski definition) is 6. The second-order valence-corrected chi connectivity index (χ2v) is 7.00. The molecule has 0 atom stereocenters. The van der Waals surface area contributed by atoms with E-state index in [9.17, 15) is 4.79 Å². The molecule has 1 aromatic carbocycles. The number of aromatic nitrogens is 1. The molecule has 5 nitrogen and oxygen atoms in total. The third-order valence-electron chi connectivity index (χ3n) is 3.40. The number of ether oxygens (including phenoxy) is 2. The Morgan fingerprint density at radius 1 is 1.16 bits per heavy atom. The third-order valence-corrected chi connectivity index (χ3v) is 5.05. The van der Waals surface area contributed by atoms with Crippen LogP contribution in [0.15, 0.2) is 47.2 Å². The fraction of sp³-hybridized carbons (Fsp3) is 0.222. The highest BCUT2D eigenvalue weighted by Crippen LogP contribution is 2.28. The molecule has 0 aliphatic rings. The highest BCUT2D eigenvalue weighted by molar-refractivity contribution is 7.16. The molecule has 0 unspecified atom stereocenters. The topological polar surface area (TPSA) is 60.5 Å². The van der Waals surface area contributed by atoms with Gasteiger partial charge in [0.05, 0.1) is 24.3 Å². The summed E-state index contributed by atoms with van der Waals surface area (Å²) in [6, 6.07) is 11.4. The fourth-order valence-corrected chi connectivity index (χ4v) is 3.63. The van der Waals surface area contributed by atoms with Crippen molar-refractivity contribution in [2.75, 3.05) is 19.0 Å². The summed E-state index contributed by atoms with van der Waals surface area (Å²) in [6.45, 7) is 0.484. The summed E-state index contributed by atoms with van der Waals surface area (Å²) in [4.78, 5) is 17.5. The van der Waals surface area contributed by atoms with Gasteiger partial charge in [-0.15, -0.1) is 22.7 Å². The molecule has 2 heterocycles. The molecule has 1 amide bonds. The van der Waals surface area contributed by atoms with E-state index in [1.165, 1.54) is 11.3 Å². The number of anilines is 1. The minimum atomic E-state index is -0.0505.